The van der Waals surface area contributed by atoms with E-state index in [0.29, 0.717) is 28.3 Å². The van der Waals surface area contributed by atoms with Gasteiger partial charge in [0.05, 0.1) is 13.5 Å². The third-order valence-corrected chi connectivity index (χ3v) is 5.20. The molecule has 3 aromatic carbocycles. The Balaban J connectivity index is 1.48. The van der Waals surface area contributed by atoms with Crippen LogP contribution in [0, 0.1) is 11.6 Å². The lowest BCUT2D eigenvalue weighted by Crippen LogP contribution is -2.31. The third kappa shape index (κ3) is 5.65. The summed E-state index contributed by atoms with van der Waals surface area (Å²) in [7, 11) is 1.57. The number of hydrogen-bond donors (Lipinski definition) is 1. The molecule has 0 fully saturated rings. The maximum Gasteiger partial charge on any atom is 0.261 e. The highest BCUT2D eigenvalue weighted by atomic mass is 19.1. The first-order valence-corrected chi connectivity index (χ1v) is 10.3. The molecular formula is C25H22F2N2O4. The van der Waals surface area contributed by atoms with Crippen molar-refractivity contribution in [2.75, 3.05) is 19.0 Å². The number of ether oxygens (including phenoxy) is 2. The summed E-state index contributed by atoms with van der Waals surface area (Å²) in [4.78, 5) is 26.5. The van der Waals surface area contributed by atoms with Gasteiger partial charge in [-0.1, -0.05) is 12.1 Å². The van der Waals surface area contributed by atoms with Gasteiger partial charge in [-0.15, -0.1) is 0 Å². The molecule has 170 valence electrons. The standard InChI is InChI=1S/C25H22F2N2O4/c1-32-22-4-2-3-16(9-22)10-24(30)28-21-5-6-23-18(11-21)14-29(25(31)15-33-23)13-17-7-19(26)12-20(27)8-17/h2-9,11-12H,10,13-15H2,1H3,(H,28,30). The zero-order valence-corrected chi connectivity index (χ0v) is 17.9. The first-order chi connectivity index (χ1) is 15.9. The number of amides is 2. The summed E-state index contributed by atoms with van der Waals surface area (Å²) in [5.41, 5.74) is 2.38. The van der Waals surface area contributed by atoms with E-state index in [1.54, 1.807) is 37.4 Å². The number of rotatable bonds is 6. The van der Waals surface area contributed by atoms with E-state index in [1.807, 2.05) is 12.1 Å². The largest absolute Gasteiger partial charge is 0.497 e. The van der Waals surface area contributed by atoms with E-state index < -0.39 is 11.6 Å². The van der Waals surface area contributed by atoms with E-state index in [-0.39, 0.29) is 37.9 Å². The number of carbonyl (C=O) groups excluding carboxylic acids is 2. The van der Waals surface area contributed by atoms with Gasteiger partial charge in [-0.25, -0.2) is 8.78 Å². The second kappa shape index (κ2) is 9.68. The van der Waals surface area contributed by atoms with Crippen LogP contribution in [0.5, 0.6) is 11.5 Å². The van der Waals surface area contributed by atoms with Crippen LogP contribution in [0.15, 0.2) is 60.7 Å². The summed E-state index contributed by atoms with van der Waals surface area (Å²) in [6, 6.07) is 15.5. The number of hydrogen-bond acceptors (Lipinski definition) is 4. The Morgan fingerprint density at radius 1 is 1.06 bits per heavy atom. The van der Waals surface area contributed by atoms with Gasteiger partial charge >= 0.3 is 0 Å². The van der Waals surface area contributed by atoms with Crippen molar-refractivity contribution in [3.63, 3.8) is 0 Å². The predicted octanol–water partition coefficient (Wildman–Crippen LogP) is 4.08. The topological polar surface area (TPSA) is 67.9 Å². The van der Waals surface area contributed by atoms with Gasteiger partial charge in [-0.2, -0.15) is 0 Å². The van der Waals surface area contributed by atoms with Crippen LogP contribution < -0.4 is 14.8 Å². The number of halogens is 2. The number of methoxy groups -OCH3 is 1. The van der Waals surface area contributed by atoms with Gasteiger partial charge in [0.25, 0.3) is 5.91 Å². The first-order valence-electron chi connectivity index (χ1n) is 10.3. The second-order valence-corrected chi connectivity index (χ2v) is 7.72. The molecule has 1 aliphatic heterocycles. The number of nitrogens with zero attached hydrogens (tertiary/aromatic N) is 1. The summed E-state index contributed by atoms with van der Waals surface area (Å²) < 4.78 is 37.9. The van der Waals surface area contributed by atoms with E-state index in [1.165, 1.54) is 17.0 Å². The highest BCUT2D eigenvalue weighted by Gasteiger charge is 2.22. The van der Waals surface area contributed by atoms with Crippen molar-refractivity contribution in [1.29, 1.82) is 0 Å². The average Bonchev–Trinajstić information content (AvgIpc) is 2.91. The van der Waals surface area contributed by atoms with Crippen molar-refractivity contribution in [2.45, 2.75) is 19.5 Å². The quantitative estimate of drug-likeness (QED) is 0.612. The molecule has 0 unspecified atom stereocenters. The molecule has 4 rings (SSSR count). The maximum atomic E-state index is 13.6. The van der Waals surface area contributed by atoms with Crippen LogP contribution >= 0.6 is 0 Å². The normalized spacial score (nSPS) is 13.1. The molecule has 3 aromatic rings. The van der Waals surface area contributed by atoms with E-state index in [4.69, 9.17) is 9.47 Å². The first kappa shape index (κ1) is 22.3. The Morgan fingerprint density at radius 3 is 2.61 bits per heavy atom. The molecule has 33 heavy (non-hydrogen) atoms. The number of carbonyl (C=O) groups is 2. The predicted molar refractivity (Wildman–Crippen MR) is 118 cm³/mol. The smallest absolute Gasteiger partial charge is 0.261 e. The molecule has 0 saturated heterocycles. The molecule has 0 bridgehead atoms. The molecular weight excluding hydrogens is 430 g/mol. The molecule has 1 N–H and O–H groups in total. The highest BCUT2D eigenvalue weighted by molar-refractivity contribution is 5.92. The van der Waals surface area contributed by atoms with E-state index >= 15 is 0 Å². The van der Waals surface area contributed by atoms with Crippen molar-refractivity contribution in [2.24, 2.45) is 0 Å². The minimum Gasteiger partial charge on any atom is -0.497 e. The van der Waals surface area contributed by atoms with Crippen LogP contribution in [-0.4, -0.2) is 30.4 Å². The fourth-order valence-corrected chi connectivity index (χ4v) is 3.69. The van der Waals surface area contributed by atoms with Crippen molar-refractivity contribution in [3.05, 3.63) is 89.0 Å². The Hall–Kier alpha value is -3.94. The van der Waals surface area contributed by atoms with Crippen molar-refractivity contribution in [1.82, 2.24) is 4.90 Å². The van der Waals surface area contributed by atoms with Gasteiger partial charge in [0.15, 0.2) is 6.61 Å². The van der Waals surface area contributed by atoms with Crippen LogP contribution in [0.2, 0.25) is 0 Å². The number of anilines is 1. The molecule has 0 radical (unpaired) electrons. The second-order valence-electron chi connectivity index (χ2n) is 7.72. The molecule has 0 aliphatic carbocycles. The van der Waals surface area contributed by atoms with Gasteiger partial charge in [0.1, 0.15) is 23.1 Å². The van der Waals surface area contributed by atoms with Gasteiger partial charge < -0.3 is 19.7 Å². The molecule has 8 heteroatoms. The van der Waals surface area contributed by atoms with E-state index in [9.17, 15) is 18.4 Å². The molecule has 0 atom stereocenters. The van der Waals surface area contributed by atoms with Gasteiger partial charge in [-0.3, -0.25) is 9.59 Å². The molecule has 1 heterocycles. The van der Waals surface area contributed by atoms with Gasteiger partial charge in [0, 0.05) is 30.4 Å². The maximum absolute atomic E-state index is 13.6. The third-order valence-electron chi connectivity index (χ3n) is 5.20. The molecule has 0 saturated carbocycles. The zero-order chi connectivity index (χ0) is 23.4. The molecule has 0 aromatic heterocycles. The van der Waals surface area contributed by atoms with Gasteiger partial charge in [-0.05, 0) is 53.6 Å². The van der Waals surface area contributed by atoms with Crippen molar-refractivity contribution in [3.8, 4) is 11.5 Å². The Bertz CT molecular complexity index is 1180. The summed E-state index contributed by atoms with van der Waals surface area (Å²) in [5, 5.41) is 2.85. The summed E-state index contributed by atoms with van der Waals surface area (Å²) in [6.45, 7) is 0.0149. The van der Waals surface area contributed by atoms with E-state index in [0.717, 1.165) is 11.6 Å². The molecule has 1 aliphatic rings. The van der Waals surface area contributed by atoms with E-state index in [2.05, 4.69) is 5.32 Å². The summed E-state index contributed by atoms with van der Waals surface area (Å²) >= 11 is 0. The van der Waals surface area contributed by atoms with Crippen LogP contribution in [0.1, 0.15) is 16.7 Å². The molecule has 6 nitrogen and oxygen atoms in total. The minimum atomic E-state index is -0.704. The lowest BCUT2D eigenvalue weighted by molar-refractivity contribution is -0.133. The Morgan fingerprint density at radius 2 is 1.85 bits per heavy atom. The zero-order valence-electron chi connectivity index (χ0n) is 17.9. The lowest BCUT2D eigenvalue weighted by atomic mass is 10.1. The van der Waals surface area contributed by atoms with Crippen molar-refractivity contribution >= 4 is 17.5 Å². The van der Waals surface area contributed by atoms with Gasteiger partial charge in [0.2, 0.25) is 5.91 Å². The Kier molecular flexibility index (Phi) is 6.53. The Labute approximate surface area is 189 Å². The van der Waals surface area contributed by atoms with Crippen molar-refractivity contribution < 1.29 is 27.8 Å². The van der Waals surface area contributed by atoms with Crippen LogP contribution in [-0.2, 0) is 29.1 Å². The summed E-state index contributed by atoms with van der Waals surface area (Å²) in [6.07, 6.45) is 0.167. The SMILES string of the molecule is COc1cccc(CC(=O)Nc2ccc3c(c2)CN(Cc2cc(F)cc(F)c2)C(=O)CO3)c1. The number of fused-ring (bicyclic) bond motifs is 1. The highest BCUT2D eigenvalue weighted by Crippen LogP contribution is 2.28. The lowest BCUT2D eigenvalue weighted by Gasteiger charge is -2.20. The fourth-order valence-electron chi connectivity index (χ4n) is 3.69. The monoisotopic (exact) mass is 452 g/mol. The summed E-state index contributed by atoms with van der Waals surface area (Å²) in [5.74, 6) is -0.734. The molecule has 0 spiro atoms. The fraction of sp³-hybridized carbons (Fsp3) is 0.200. The van der Waals surface area contributed by atoms with Crippen LogP contribution in [0.4, 0.5) is 14.5 Å². The molecule has 2 amide bonds. The minimum absolute atomic E-state index is 0.0305. The van der Waals surface area contributed by atoms with Crippen LogP contribution in [0.25, 0.3) is 0 Å². The number of nitrogens with one attached hydrogen (secondary N) is 1. The van der Waals surface area contributed by atoms with Crippen LogP contribution in [0.3, 0.4) is 0 Å². The number of benzene rings is 3. The average molecular weight is 452 g/mol.